The van der Waals surface area contributed by atoms with E-state index in [0.29, 0.717) is 0 Å². The van der Waals surface area contributed by atoms with E-state index in [0.717, 1.165) is 32.3 Å². The highest BCUT2D eigenvalue weighted by Crippen LogP contribution is 2.37. The third-order valence-electron chi connectivity index (χ3n) is 3.98. The van der Waals surface area contributed by atoms with Gasteiger partial charge in [0.15, 0.2) is 0 Å². The molecule has 1 heterocycles. The van der Waals surface area contributed by atoms with Gasteiger partial charge in [-0.15, -0.1) is 11.3 Å². The van der Waals surface area contributed by atoms with Crippen molar-refractivity contribution in [2.24, 2.45) is 5.84 Å². The molecule has 0 saturated heterocycles. The topological polar surface area (TPSA) is 47.3 Å². The molecule has 0 spiro atoms. The van der Waals surface area contributed by atoms with Crippen molar-refractivity contribution in [2.45, 2.75) is 57.1 Å². The molecule has 0 aliphatic heterocycles. The fraction of sp³-hybridized carbons (Fsp3) is 0.714. The molecule has 1 aromatic rings. The Kier molecular flexibility index (Phi) is 5.18. The van der Waals surface area contributed by atoms with Gasteiger partial charge in [0.05, 0.1) is 11.6 Å². The van der Waals surface area contributed by atoms with Crippen molar-refractivity contribution >= 4 is 11.3 Å². The lowest BCUT2D eigenvalue weighted by atomic mass is 9.89. The number of hydrogen-bond acceptors (Lipinski definition) is 4. The minimum atomic E-state index is -0.0270. The molecule has 1 fully saturated rings. The van der Waals surface area contributed by atoms with Gasteiger partial charge in [0.2, 0.25) is 0 Å². The average molecular weight is 268 g/mol. The molecule has 1 aromatic heterocycles. The molecule has 4 heteroatoms. The Hall–Kier alpha value is -0.420. The highest BCUT2D eigenvalue weighted by Gasteiger charge is 2.41. The third-order valence-corrected chi connectivity index (χ3v) is 4.91. The molecule has 18 heavy (non-hydrogen) atoms. The zero-order valence-electron chi connectivity index (χ0n) is 11.2. The minimum absolute atomic E-state index is 0.0270. The van der Waals surface area contributed by atoms with E-state index in [1.807, 2.05) is 11.3 Å². The fourth-order valence-electron chi connectivity index (χ4n) is 3.09. The minimum Gasteiger partial charge on any atom is -0.374 e. The Labute approximate surface area is 114 Å². The van der Waals surface area contributed by atoms with E-state index >= 15 is 0 Å². The van der Waals surface area contributed by atoms with E-state index in [1.165, 1.54) is 17.7 Å². The summed E-state index contributed by atoms with van der Waals surface area (Å²) >= 11 is 1.82. The zero-order chi connectivity index (χ0) is 12.8. The Morgan fingerprint density at radius 1 is 1.50 bits per heavy atom. The van der Waals surface area contributed by atoms with E-state index in [1.54, 1.807) is 0 Å². The predicted molar refractivity (Wildman–Crippen MR) is 76.6 cm³/mol. The highest BCUT2D eigenvalue weighted by atomic mass is 32.1. The number of nitrogens with one attached hydrogen (secondary N) is 1. The molecular formula is C14H24N2OS. The standard InChI is InChI=1S/C14H24N2OS/c1-2-17-14(9-3-4-10-14)13(16-15)8-7-12-6-5-11-18-12/h5-6,11,13,16H,2-4,7-10,15H2,1H3. The van der Waals surface area contributed by atoms with Crippen molar-refractivity contribution in [3.8, 4) is 0 Å². The van der Waals surface area contributed by atoms with E-state index in [2.05, 4.69) is 29.9 Å². The molecule has 1 atom stereocenters. The smallest absolute Gasteiger partial charge is 0.0848 e. The van der Waals surface area contributed by atoms with Crippen LogP contribution in [0.3, 0.4) is 0 Å². The van der Waals surface area contributed by atoms with Crippen LogP contribution in [0.5, 0.6) is 0 Å². The van der Waals surface area contributed by atoms with Crippen LogP contribution in [0.1, 0.15) is 43.9 Å². The summed E-state index contributed by atoms with van der Waals surface area (Å²) in [6, 6.07) is 4.57. The second-order valence-corrected chi connectivity index (χ2v) is 6.07. The van der Waals surface area contributed by atoms with Crippen LogP contribution in [0.2, 0.25) is 0 Å². The maximum absolute atomic E-state index is 6.07. The van der Waals surface area contributed by atoms with Gasteiger partial charge in [0, 0.05) is 11.5 Å². The van der Waals surface area contributed by atoms with Crippen LogP contribution in [-0.4, -0.2) is 18.2 Å². The first kappa shape index (κ1) is 14.0. The summed E-state index contributed by atoms with van der Waals surface area (Å²) in [7, 11) is 0. The van der Waals surface area contributed by atoms with Crippen molar-refractivity contribution in [1.29, 1.82) is 0 Å². The largest absolute Gasteiger partial charge is 0.374 e. The molecule has 1 aliphatic carbocycles. The number of ether oxygens (including phenoxy) is 1. The molecule has 3 nitrogen and oxygen atoms in total. The maximum Gasteiger partial charge on any atom is 0.0848 e. The lowest BCUT2D eigenvalue weighted by Gasteiger charge is -2.37. The molecule has 0 radical (unpaired) electrons. The van der Waals surface area contributed by atoms with Crippen LogP contribution in [0.15, 0.2) is 17.5 Å². The van der Waals surface area contributed by atoms with Crippen molar-refractivity contribution in [3.63, 3.8) is 0 Å². The van der Waals surface area contributed by atoms with Gasteiger partial charge in [-0.1, -0.05) is 18.9 Å². The molecular weight excluding hydrogens is 244 g/mol. The molecule has 3 N–H and O–H groups in total. The summed E-state index contributed by atoms with van der Waals surface area (Å²) in [6.45, 7) is 2.85. The molecule has 2 rings (SSSR count). The molecule has 0 bridgehead atoms. The summed E-state index contributed by atoms with van der Waals surface area (Å²) in [6.07, 6.45) is 6.94. The average Bonchev–Trinajstić information content (AvgIpc) is 3.02. The Balaban J connectivity index is 1.97. The van der Waals surface area contributed by atoms with Crippen LogP contribution in [0, 0.1) is 0 Å². The van der Waals surface area contributed by atoms with Crippen molar-refractivity contribution in [1.82, 2.24) is 5.43 Å². The Morgan fingerprint density at radius 2 is 2.28 bits per heavy atom. The van der Waals surface area contributed by atoms with Crippen LogP contribution in [0.4, 0.5) is 0 Å². The van der Waals surface area contributed by atoms with Gasteiger partial charge in [0.1, 0.15) is 0 Å². The highest BCUT2D eigenvalue weighted by molar-refractivity contribution is 7.09. The van der Waals surface area contributed by atoms with Gasteiger partial charge in [-0.3, -0.25) is 11.3 Å². The van der Waals surface area contributed by atoms with Gasteiger partial charge >= 0.3 is 0 Å². The number of nitrogens with two attached hydrogens (primary N) is 1. The quantitative estimate of drug-likeness (QED) is 0.590. The van der Waals surface area contributed by atoms with Gasteiger partial charge in [0.25, 0.3) is 0 Å². The zero-order valence-corrected chi connectivity index (χ0v) is 12.0. The Bertz CT molecular complexity index is 334. The predicted octanol–water partition coefficient (Wildman–Crippen LogP) is 2.86. The number of aryl methyl sites for hydroxylation is 1. The lowest BCUT2D eigenvalue weighted by molar-refractivity contribution is -0.0631. The number of hydrogen-bond donors (Lipinski definition) is 2. The van der Waals surface area contributed by atoms with Gasteiger partial charge in [-0.2, -0.15) is 0 Å². The van der Waals surface area contributed by atoms with E-state index in [-0.39, 0.29) is 11.6 Å². The van der Waals surface area contributed by atoms with E-state index < -0.39 is 0 Å². The first-order chi connectivity index (χ1) is 8.80. The van der Waals surface area contributed by atoms with Crippen LogP contribution < -0.4 is 11.3 Å². The van der Waals surface area contributed by atoms with Gasteiger partial charge in [-0.05, 0) is 44.1 Å². The van der Waals surface area contributed by atoms with Crippen LogP contribution in [-0.2, 0) is 11.2 Å². The fourth-order valence-corrected chi connectivity index (χ4v) is 3.82. The molecule has 1 aliphatic rings. The summed E-state index contributed by atoms with van der Waals surface area (Å²) in [5, 5.41) is 2.13. The van der Waals surface area contributed by atoms with Crippen molar-refractivity contribution in [2.75, 3.05) is 6.61 Å². The maximum atomic E-state index is 6.07. The number of thiophene rings is 1. The molecule has 1 unspecified atom stereocenters. The molecule has 0 amide bonds. The van der Waals surface area contributed by atoms with Crippen LogP contribution >= 0.6 is 11.3 Å². The van der Waals surface area contributed by atoms with Crippen molar-refractivity contribution in [3.05, 3.63) is 22.4 Å². The van der Waals surface area contributed by atoms with Gasteiger partial charge < -0.3 is 4.74 Å². The molecule has 1 saturated carbocycles. The first-order valence-corrected chi connectivity index (χ1v) is 7.81. The second kappa shape index (κ2) is 6.66. The summed E-state index contributed by atoms with van der Waals surface area (Å²) in [4.78, 5) is 1.43. The first-order valence-electron chi connectivity index (χ1n) is 6.93. The van der Waals surface area contributed by atoms with Gasteiger partial charge in [-0.25, -0.2) is 0 Å². The SMILES string of the molecule is CCOC1(C(CCc2cccs2)NN)CCCC1. The summed E-state index contributed by atoms with van der Waals surface area (Å²) < 4.78 is 6.07. The number of hydrazine groups is 1. The summed E-state index contributed by atoms with van der Waals surface area (Å²) in [5.41, 5.74) is 2.98. The number of rotatable bonds is 7. The molecule has 102 valence electrons. The van der Waals surface area contributed by atoms with Crippen LogP contribution in [0.25, 0.3) is 0 Å². The normalized spacial score (nSPS) is 20.1. The van der Waals surface area contributed by atoms with E-state index in [4.69, 9.17) is 10.6 Å². The summed E-state index contributed by atoms with van der Waals surface area (Å²) in [5.74, 6) is 5.78. The lowest BCUT2D eigenvalue weighted by Crippen LogP contribution is -2.53. The van der Waals surface area contributed by atoms with Crippen molar-refractivity contribution < 1.29 is 4.74 Å². The molecule has 0 aromatic carbocycles. The third kappa shape index (κ3) is 3.12. The van der Waals surface area contributed by atoms with E-state index in [9.17, 15) is 0 Å². The second-order valence-electron chi connectivity index (χ2n) is 5.04. The Morgan fingerprint density at radius 3 is 2.83 bits per heavy atom. The monoisotopic (exact) mass is 268 g/mol.